The first kappa shape index (κ1) is 12.6. The number of nitrogens with zero attached hydrogens (tertiary/aromatic N) is 1. The molecule has 1 aromatic heterocycles. The molecule has 1 N–H and O–H groups in total. The highest BCUT2D eigenvalue weighted by Gasteiger charge is 2.24. The van der Waals surface area contributed by atoms with E-state index in [4.69, 9.17) is 4.52 Å². The molecule has 18 heavy (non-hydrogen) atoms. The molecule has 2 aromatic rings. The van der Waals surface area contributed by atoms with Crippen LogP contribution in [0.2, 0.25) is 0 Å². The molecule has 95 valence electrons. The monoisotopic (exact) mass is 265 g/mol. The molecule has 5 nitrogen and oxygen atoms in total. The highest BCUT2D eigenvalue weighted by Crippen LogP contribution is 2.22. The summed E-state index contributed by atoms with van der Waals surface area (Å²) in [6, 6.07) is 6.76. The Bertz CT molecular complexity index is 638. The second-order valence-electron chi connectivity index (χ2n) is 3.96. The topological polar surface area (TPSA) is 72.2 Å². The van der Waals surface area contributed by atoms with Crippen LogP contribution in [-0.2, 0) is 10.0 Å². The molecule has 0 bridgehead atoms. The number of nitrogens with one attached hydrogen (secondary N) is 1. The third kappa shape index (κ3) is 2.38. The Labute approximate surface area is 106 Å². The van der Waals surface area contributed by atoms with E-state index in [-0.39, 0.29) is 10.7 Å². The Kier molecular flexibility index (Phi) is 3.13. The highest BCUT2D eigenvalue weighted by molar-refractivity contribution is 7.92. The van der Waals surface area contributed by atoms with Gasteiger partial charge in [0.1, 0.15) is 5.69 Å². The molecule has 0 atom stereocenters. The standard InChI is InChI=1S/C12H13N2O3S/c1-8-4-6-11(7-5-8)14-18(15,16)12-9(2)13-17-10(12)3/h4-7,14H,1H2,2-3H3. The van der Waals surface area contributed by atoms with Gasteiger partial charge in [-0.05, 0) is 38.5 Å². The summed E-state index contributed by atoms with van der Waals surface area (Å²) >= 11 is 0. The number of rotatable bonds is 3. The van der Waals surface area contributed by atoms with Gasteiger partial charge in [-0.25, -0.2) is 8.42 Å². The van der Waals surface area contributed by atoms with E-state index in [9.17, 15) is 8.42 Å². The minimum atomic E-state index is -3.67. The summed E-state index contributed by atoms with van der Waals surface area (Å²) in [5.41, 5.74) is 1.63. The minimum absolute atomic E-state index is 0.0844. The molecule has 0 spiro atoms. The van der Waals surface area contributed by atoms with Crippen molar-refractivity contribution >= 4 is 15.7 Å². The third-order valence-corrected chi connectivity index (χ3v) is 4.07. The van der Waals surface area contributed by atoms with Crippen LogP contribution < -0.4 is 4.72 Å². The second kappa shape index (κ2) is 4.45. The predicted octanol–water partition coefficient (Wildman–Crippen LogP) is 2.27. The number of anilines is 1. The Hall–Kier alpha value is -1.82. The maximum atomic E-state index is 12.2. The van der Waals surface area contributed by atoms with Crippen LogP contribution in [-0.4, -0.2) is 13.6 Å². The summed E-state index contributed by atoms with van der Waals surface area (Å²) in [5, 5.41) is 3.63. The SMILES string of the molecule is [CH2]c1ccc(NS(=O)(=O)c2c(C)noc2C)cc1. The zero-order chi connectivity index (χ0) is 13.3. The fourth-order valence-electron chi connectivity index (χ4n) is 1.64. The number of sulfonamides is 1. The molecule has 0 aliphatic heterocycles. The molecule has 2 rings (SSSR count). The van der Waals surface area contributed by atoms with Gasteiger partial charge in [-0.1, -0.05) is 17.3 Å². The van der Waals surface area contributed by atoms with E-state index in [1.807, 2.05) is 0 Å². The molecule has 0 amide bonds. The molecule has 1 aromatic carbocycles. The fourth-order valence-corrected chi connectivity index (χ4v) is 3.03. The first-order chi connectivity index (χ1) is 8.40. The van der Waals surface area contributed by atoms with Gasteiger partial charge in [0.15, 0.2) is 10.7 Å². The molecule has 0 aliphatic carbocycles. The Balaban J connectivity index is 2.36. The summed E-state index contributed by atoms with van der Waals surface area (Å²) in [4.78, 5) is 0.0844. The average molecular weight is 265 g/mol. The zero-order valence-corrected chi connectivity index (χ0v) is 10.9. The second-order valence-corrected chi connectivity index (χ2v) is 5.57. The quantitative estimate of drug-likeness (QED) is 0.924. The molecule has 6 heteroatoms. The molecule has 0 unspecified atom stereocenters. The lowest BCUT2D eigenvalue weighted by Gasteiger charge is -2.07. The third-order valence-electron chi connectivity index (χ3n) is 2.44. The van der Waals surface area contributed by atoms with Gasteiger partial charge in [0.05, 0.1) is 0 Å². The van der Waals surface area contributed by atoms with Gasteiger partial charge in [0.2, 0.25) is 0 Å². The van der Waals surface area contributed by atoms with Crippen molar-refractivity contribution in [2.45, 2.75) is 18.7 Å². The number of hydrogen-bond donors (Lipinski definition) is 1. The van der Waals surface area contributed by atoms with Crippen molar-refractivity contribution in [3.63, 3.8) is 0 Å². The van der Waals surface area contributed by atoms with Crippen LogP contribution in [0.1, 0.15) is 17.0 Å². The van der Waals surface area contributed by atoms with Crippen molar-refractivity contribution in [1.29, 1.82) is 0 Å². The van der Waals surface area contributed by atoms with Gasteiger partial charge < -0.3 is 4.52 Å². The van der Waals surface area contributed by atoms with Crippen molar-refractivity contribution in [2.75, 3.05) is 4.72 Å². The van der Waals surface area contributed by atoms with Crippen molar-refractivity contribution in [1.82, 2.24) is 5.16 Å². The summed E-state index contributed by atoms with van der Waals surface area (Å²) in [6.07, 6.45) is 0. The molecular formula is C12H13N2O3S. The van der Waals surface area contributed by atoms with Crippen LogP contribution >= 0.6 is 0 Å². The van der Waals surface area contributed by atoms with Crippen molar-refractivity contribution in [3.05, 3.63) is 48.2 Å². The summed E-state index contributed by atoms with van der Waals surface area (Å²) in [7, 11) is -3.67. The number of hydrogen-bond acceptors (Lipinski definition) is 4. The van der Waals surface area contributed by atoms with E-state index in [1.54, 1.807) is 38.1 Å². The van der Waals surface area contributed by atoms with E-state index < -0.39 is 10.0 Å². The largest absolute Gasteiger partial charge is 0.360 e. The number of aryl methyl sites for hydroxylation is 2. The van der Waals surface area contributed by atoms with Gasteiger partial charge in [-0.15, -0.1) is 0 Å². The molecule has 1 heterocycles. The van der Waals surface area contributed by atoms with Gasteiger partial charge in [-0.2, -0.15) is 0 Å². The molecule has 1 radical (unpaired) electrons. The highest BCUT2D eigenvalue weighted by atomic mass is 32.2. The Morgan fingerprint density at radius 2 is 1.83 bits per heavy atom. The number of benzene rings is 1. The van der Waals surface area contributed by atoms with E-state index in [0.29, 0.717) is 11.4 Å². The van der Waals surface area contributed by atoms with Crippen LogP contribution in [0.4, 0.5) is 5.69 Å². The Morgan fingerprint density at radius 3 is 2.33 bits per heavy atom. The van der Waals surface area contributed by atoms with Gasteiger partial charge in [0, 0.05) is 5.69 Å². The summed E-state index contributed by atoms with van der Waals surface area (Å²) < 4.78 is 31.7. The lowest BCUT2D eigenvalue weighted by atomic mass is 10.2. The fraction of sp³-hybridized carbons (Fsp3) is 0.167. The number of aromatic nitrogens is 1. The lowest BCUT2D eigenvalue weighted by Crippen LogP contribution is -2.14. The maximum absolute atomic E-state index is 12.2. The van der Waals surface area contributed by atoms with Crippen LogP contribution in [0.15, 0.2) is 33.7 Å². The molecule has 0 saturated heterocycles. The van der Waals surface area contributed by atoms with Crippen molar-refractivity contribution in [2.24, 2.45) is 0 Å². The zero-order valence-electron chi connectivity index (χ0n) is 10.1. The predicted molar refractivity (Wildman–Crippen MR) is 67.7 cm³/mol. The van der Waals surface area contributed by atoms with Gasteiger partial charge >= 0.3 is 0 Å². The van der Waals surface area contributed by atoms with Crippen molar-refractivity contribution < 1.29 is 12.9 Å². The normalized spacial score (nSPS) is 11.5. The lowest BCUT2D eigenvalue weighted by molar-refractivity contribution is 0.390. The first-order valence-corrected chi connectivity index (χ1v) is 6.76. The summed E-state index contributed by atoms with van der Waals surface area (Å²) in [5.74, 6) is 0.272. The minimum Gasteiger partial charge on any atom is -0.360 e. The van der Waals surface area contributed by atoms with Crippen LogP contribution in [0.5, 0.6) is 0 Å². The van der Waals surface area contributed by atoms with Crippen LogP contribution in [0, 0.1) is 20.8 Å². The Morgan fingerprint density at radius 1 is 1.22 bits per heavy atom. The van der Waals surface area contributed by atoms with Crippen molar-refractivity contribution in [3.8, 4) is 0 Å². The molecule has 0 saturated carbocycles. The molecular weight excluding hydrogens is 252 g/mol. The van der Waals surface area contributed by atoms with E-state index in [1.165, 1.54) is 0 Å². The maximum Gasteiger partial charge on any atom is 0.267 e. The molecule has 0 fully saturated rings. The average Bonchev–Trinajstić information content (AvgIpc) is 2.62. The van der Waals surface area contributed by atoms with Gasteiger partial charge in [0.25, 0.3) is 10.0 Å². The first-order valence-electron chi connectivity index (χ1n) is 5.28. The molecule has 0 aliphatic rings. The van der Waals surface area contributed by atoms with Gasteiger partial charge in [-0.3, -0.25) is 4.72 Å². The van der Waals surface area contributed by atoms with Crippen LogP contribution in [0.25, 0.3) is 0 Å². The van der Waals surface area contributed by atoms with E-state index in [0.717, 1.165) is 5.56 Å². The van der Waals surface area contributed by atoms with Crippen LogP contribution in [0.3, 0.4) is 0 Å². The summed E-state index contributed by atoms with van der Waals surface area (Å²) in [6.45, 7) is 6.88. The van der Waals surface area contributed by atoms with E-state index >= 15 is 0 Å². The van der Waals surface area contributed by atoms with E-state index in [2.05, 4.69) is 16.8 Å². The smallest absolute Gasteiger partial charge is 0.267 e.